The van der Waals surface area contributed by atoms with Gasteiger partial charge in [0.1, 0.15) is 6.07 Å². The van der Waals surface area contributed by atoms with Gasteiger partial charge in [0.05, 0.1) is 38.0 Å². The number of nitrogens with zero attached hydrogens (tertiary/aromatic N) is 2. The monoisotopic (exact) mass is 451 g/mol. The Kier molecular flexibility index (Phi) is 6.37. The molecule has 0 aromatic heterocycles. The minimum Gasteiger partial charge on any atom is -0.307 e. The topological polar surface area (TPSA) is 154 Å². The Morgan fingerprint density at radius 3 is 2.19 bits per heavy atom. The fraction of sp³-hybridized carbons (Fsp3) is 0.0476. The van der Waals surface area contributed by atoms with Gasteiger partial charge in [-0.25, -0.2) is 13.2 Å². The zero-order chi connectivity index (χ0) is 23.3. The lowest BCUT2D eigenvalue weighted by molar-refractivity contribution is -0.385. The highest BCUT2D eigenvalue weighted by Gasteiger charge is 2.19. The molecule has 0 radical (unpaired) electrons. The predicted octanol–water partition coefficient (Wildman–Crippen LogP) is 4.22. The Balaban J connectivity index is 1.84. The molecule has 32 heavy (non-hydrogen) atoms. The van der Waals surface area contributed by atoms with E-state index in [1.807, 2.05) is 6.07 Å². The van der Waals surface area contributed by atoms with Crippen LogP contribution < -0.4 is 15.4 Å². The van der Waals surface area contributed by atoms with E-state index in [1.165, 1.54) is 55.5 Å². The molecule has 0 saturated carbocycles. The molecule has 11 heteroatoms. The first-order valence-electron chi connectivity index (χ1n) is 9.16. The standard InChI is InChI=1S/C21H17N5O5S/c1-14-17(9-6-12-20(14)26(28)29)23-21(27)24-18-10-5-11-19(16(18)13-22)25-32(30,31)15-7-3-2-4-8-15/h2-12,25H,1H3,(H2,23,24,27). The van der Waals surface area contributed by atoms with Crippen molar-refractivity contribution in [1.29, 1.82) is 5.26 Å². The smallest absolute Gasteiger partial charge is 0.307 e. The first-order chi connectivity index (χ1) is 15.2. The summed E-state index contributed by atoms with van der Waals surface area (Å²) in [6.07, 6.45) is 0. The average molecular weight is 451 g/mol. The summed E-state index contributed by atoms with van der Waals surface area (Å²) >= 11 is 0. The van der Waals surface area contributed by atoms with E-state index in [1.54, 1.807) is 18.2 Å². The van der Waals surface area contributed by atoms with E-state index >= 15 is 0 Å². The van der Waals surface area contributed by atoms with Crippen LogP contribution in [0.1, 0.15) is 11.1 Å². The van der Waals surface area contributed by atoms with Crippen LogP contribution >= 0.6 is 0 Å². The largest absolute Gasteiger partial charge is 0.323 e. The van der Waals surface area contributed by atoms with E-state index in [0.717, 1.165) is 0 Å². The average Bonchev–Trinajstić information content (AvgIpc) is 2.75. The summed E-state index contributed by atoms with van der Waals surface area (Å²) < 4.78 is 27.5. The van der Waals surface area contributed by atoms with Crippen LogP contribution in [0.25, 0.3) is 0 Å². The fourth-order valence-electron chi connectivity index (χ4n) is 2.90. The minimum absolute atomic E-state index is 0.0133. The quantitative estimate of drug-likeness (QED) is 0.376. The SMILES string of the molecule is Cc1c(NC(=O)Nc2cccc(NS(=O)(=O)c3ccccc3)c2C#N)cccc1[N+](=O)[O-]. The van der Waals surface area contributed by atoms with E-state index in [-0.39, 0.29) is 38.8 Å². The molecular formula is C21H17N5O5S. The molecule has 0 heterocycles. The summed E-state index contributed by atoms with van der Waals surface area (Å²) in [5.41, 5.74) is 0.270. The van der Waals surface area contributed by atoms with E-state index in [9.17, 15) is 28.6 Å². The van der Waals surface area contributed by atoms with Crippen molar-refractivity contribution in [1.82, 2.24) is 0 Å². The zero-order valence-electron chi connectivity index (χ0n) is 16.7. The molecule has 2 amide bonds. The first kappa shape index (κ1) is 22.3. The second-order valence-electron chi connectivity index (χ2n) is 6.54. The van der Waals surface area contributed by atoms with Gasteiger partial charge in [-0.1, -0.05) is 30.3 Å². The number of hydrogen-bond acceptors (Lipinski definition) is 6. The second-order valence-corrected chi connectivity index (χ2v) is 8.23. The van der Waals surface area contributed by atoms with Crippen molar-refractivity contribution < 1.29 is 18.1 Å². The van der Waals surface area contributed by atoms with Crippen molar-refractivity contribution in [3.63, 3.8) is 0 Å². The normalized spacial score (nSPS) is 10.6. The van der Waals surface area contributed by atoms with Gasteiger partial charge >= 0.3 is 6.03 Å². The molecule has 0 atom stereocenters. The number of sulfonamides is 1. The molecule has 3 aromatic rings. The van der Waals surface area contributed by atoms with E-state index in [2.05, 4.69) is 15.4 Å². The number of carbonyl (C=O) groups is 1. The molecule has 0 spiro atoms. The number of nitro groups is 1. The van der Waals surface area contributed by atoms with Gasteiger partial charge in [0.2, 0.25) is 0 Å². The van der Waals surface area contributed by atoms with Gasteiger partial charge in [-0.15, -0.1) is 0 Å². The lowest BCUT2D eigenvalue weighted by Gasteiger charge is -2.14. The van der Waals surface area contributed by atoms with Crippen LogP contribution in [0.15, 0.2) is 71.6 Å². The van der Waals surface area contributed by atoms with Crippen LogP contribution in [0.5, 0.6) is 0 Å². The number of nitro benzene ring substituents is 1. The lowest BCUT2D eigenvalue weighted by Crippen LogP contribution is -2.21. The van der Waals surface area contributed by atoms with E-state index in [4.69, 9.17) is 0 Å². The number of carbonyl (C=O) groups excluding carboxylic acids is 1. The van der Waals surface area contributed by atoms with Crippen molar-refractivity contribution in [3.8, 4) is 6.07 Å². The molecule has 3 N–H and O–H groups in total. The molecule has 0 saturated heterocycles. The first-order valence-corrected chi connectivity index (χ1v) is 10.6. The molecule has 0 bridgehead atoms. The Bertz CT molecular complexity index is 1330. The number of urea groups is 1. The van der Waals surface area contributed by atoms with E-state index < -0.39 is 21.0 Å². The number of benzene rings is 3. The third kappa shape index (κ3) is 4.82. The number of nitriles is 1. The van der Waals surface area contributed by atoms with Gasteiger partial charge in [0.15, 0.2) is 0 Å². The number of rotatable bonds is 6. The Morgan fingerprint density at radius 2 is 1.53 bits per heavy atom. The Hall–Kier alpha value is -4.43. The predicted molar refractivity (Wildman–Crippen MR) is 119 cm³/mol. The maximum atomic E-state index is 12.6. The van der Waals surface area contributed by atoms with Crippen molar-refractivity contribution >= 4 is 38.8 Å². The molecule has 0 aliphatic heterocycles. The fourth-order valence-corrected chi connectivity index (χ4v) is 3.99. The third-order valence-electron chi connectivity index (χ3n) is 4.47. The number of nitrogens with one attached hydrogen (secondary N) is 3. The molecule has 0 aliphatic rings. The Labute approximate surface area is 183 Å². The van der Waals surface area contributed by atoms with Gasteiger partial charge < -0.3 is 10.6 Å². The molecular weight excluding hydrogens is 434 g/mol. The van der Waals surface area contributed by atoms with Gasteiger partial charge in [0.25, 0.3) is 15.7 Å². The van der Waals surface area contributed by atoms with E-state index in [0.29, 0.717) is 0 Å². The maximum absolute atomic E-state index is 12.6. The molecule has 0 fully saturated rings. The molecule has 0 unspecified atom stereocenters. The summed E-state index contributed by atoms with van der Waals surface area (Å²) in [6.45, 7) is 1.49. The second kappa shape index (κ2) is 9.15. The maximum Gasteiger partial charge on any atom is 0.323 e. The van der Waals surface area contributed by atoms with Crippen LogP contribution in [0.3, 0.4) is 0 Å². The molecule has 162 valence electrons. The van der Waals surface area contributed by atoms with Gasteiger partial charge in [-0.05, 0) is 37.3 Å². The van der Waals surface area contributed by atoms with Gasteiger partial charge in [0, 0.05) is 6.07 Å². The summed E-state index contributed by atoms with van der Waals surface area (Å²) in [5, 5.41) is 25.6. The highest BCUT2D eigenvalue weighted by molar-refractivity contribution is 7.92. The molecule has 3 rings (SSSR count). The lowest BCUT2D eigenvalue weighted by atomic mass is 10.1. The summed E-state index contributed by atoms with van der Waals surface area (Å²) in [5.74, 6) is 0. The Morgan fingerprint density at radius 1 is 0.938 bits per heavy atom. The number of hydrogen-bond donors (Lipinski definition) is 3. The summed E-state index contributed by atoms with van der Waals surface area (Å²) in [4.78, 5) is 23.0. The van der Waals surface area contributed by atoms with Crippen LogP contribution in [-0.2, 0) is 10.0 Å². The van der Waals surface area contributed by atoms with Gasteiger partial charge in [-0.3, -0.25) is 14.8 Å². The van der Waals surface area contributed by atoms with Gasteiger partial charge in [-0.2, -0.15) is 5.26 Å². The zero-order valence-corrected chi connectivity index (χ0v) is 17.5. The van der Waals surface area contributed by atoms with Crippen LogP contribution in [0.4, 0.5) is 27.5 Å². The summed E-state index contributed by atoms with van der Waals surface area (Å²) in [7, 11) is -3.95. The highest BCUT2D eigenvalue weighted by atomic mass is 32.2. The van der Waals surface area contributed by atoms with Crippen molar-refractivity contribution in [2.45, 2.75) is 11.8 Å². The van der Waals surface area contributed by atoms with Crippen LogP contribution in [-0.4, -0.2) is 19.4 Å². The molecule has 10 nitrogen and oxygen atoms in total. The van der Waals surface area contributed by atoms with Crippen molar-refractivity contribution in [2.24, 2.45) is 0 Å². The number of amides is 2. The molecule has 0 aliphatic carbocycles. The number of anilines is 3. The summed E-state index contributed by atoms with van der Waals surface area (Å²) in [6, 6.07) is 17.3. The molecule has 3 aromatic carbocycles. The highest BCUT2D eigenvalue weighted by Crippen LogP contribution is 2.28. The van der Waals surface area contributed by atoms with Crippen LogP contribution in [0, 0.1) is 28.4 Å². The minimum atomic E-state index is -3.95. The van der Waals surface area contributed by atoms with Crippen molar-refractivity contribution in [3.05, 3.63) is 88.0 Å². The van der Waals surface area contributed by atoms with Crippen LogP contribution in [0.2, 0.25) is 0 Å². The van der Waals surface area contributed by atoms with Crippen molar-refractivity contribution in [2.75, 3.05) is 15.4 Å². The third-order valence-corrected chi connectivity index (χ3v) is 5.85.